The largest absolute Gasteiger partial charge is 0.481 e. The van der Waals surface area contributed by atoms with Crippen LogP contribution in [0.25, 0.3) is 0 Å². The highest BCUT2D eigenvalue weighted by Gasteiger charge is 2.36. The maximum absolute atomic E-state index is 12.1. The number of rotatable bonds is 6. The number of carbonyl (C=O) groups is 3. The van der Waals surface area contributed by atoms with Crippen LogP contribution in [0, 0.1) is 11.3 Å². The lowest BCUT2D eigenvalue weighted by atomic mass is 9.93. The van der Waals surface area contributed by atoms with Crippen molar-refractivity contribution in [1.29, 1.82) is 0 Å². The summed E-state index contributed by atoms with van der Waals surface area (Å²) in [6.07, 6.45) is 1.67. The molecule has 0 radical (unpaired) electrons. The fourth-order valence-corrected chi connectivity index (χ4v) is 2.22. The maximum atomic E-state index is 12.1. The van der Waals surface area contributed by atoms with Gasteiger partial charge in [0, 0.05) is 19.5 Å². The van der Waals surface area contributed by atoms with Crippen molar-refractivity contribution in [1.82, 2.24) is 10.2 Å². The van der Waals surface area contributed by atoms with Crippen LogP contribution in [0.4, 0.5) is 0 Å². The number of hydrogen-bond donors (Lipinski definition) is 2. The Hall–Kier alpha value is -2.31. The average Bonchev–Trinajstić information content (AvgIpc) is 3.07. The number of hydrogen-bond acceptors (Lipinski definition) is 4. The molecule has 1 aromatic rings. The molecule has 0 bridgehead atoms. The van der Waals surface area contributed by atoms with Gasteiger partial charge in [-0.15, -0.1) is 0 Å². The number of likely N-dealkylation sites (tertiary alicyclic amines) is 1. The first-order valence-corrected chi connectivity index (χ1v) is 7.11. The molecular formula is C15H20N2O5. The van der Waals surface area contributed by atoms with Gasteiger partial charge in [-0.25, -0.2) is 0 Å². The molecule has 0 saturated carbocycles. The molecular weight excluding hydrogens is 288 g/mol. The second kappa shape index (κ2) is 6.21. The molecule has 7 heteroatoms. The van der Waals surface area contributed by atoms with Crippen LogP contribution < -0.4 is 5.32 Å². The van der Waals surface area contributed by atoms with Gasteiger partial charge in [-0.1, -0.05) is 0 Å². The lowest BCUT2D eigenvalue weighted by molar-refractivity contribution is -0.147. The summed E-state index contributed by atoms with van der Waals surface area (Å²) in [4.78, 5) is 36.6. The lowest BCUT2D eigenvalue weighted by Crippen LogP contribution is -2.41. The van der Waals surface area contributed by atoms with Crippen molar-refractivity contribution in [3.05, 3.63) is 24.2 Å². The number of amides is 2. The fraction of sp³-hybridized carbons (Fsp3) is 0.533. The van der Waals surface area contributed by atoms with Gasteiger partial charge >= 0.3 is 5.97 Å². The molecule has 1 aliphatic rings. The minimum absolute atomic E-state index is 0.0318. The van der Waals surface area contributed by atoms with E-state index in [4.69, 9.17) is 9.52 Å². The van der Waals surface area contributed by atoms with E-state index >= 15 is 0 Å². The van der Waals surface area contributed by atoms with Crippen molar-refractivity contribution in [2.45, 2.75) is 26.8 Å². The monoisotopic (exact) mass is 308 g/mol. The Labute approximate surface area is 128 Å². The zero-order chi connectivity index (χ0) is 16.3. The van der Waals surface area contributed by atoms with Gasteiger partial charge in [0.25, 0.3) is 0 Å². The molecule has 1 aromatic heterocycles. The number of nitrogens with zero attached hydrogens (tertiary/aromatic N) is 1. The Morgan fingerprint density at radius 1 is 1.50 bits per heavy atom. The number of nitrogens with one attached hydrogen (secondary N) is 1. The summed E-state index contributed by atoms with van der Waals surface area (Å²) < 4.78 is 5.20. The number of carboxylic acids is 1. The molecule has 0 aliphatic carbocycles. The first-order chi connectivity index (χ1) is 10.3. The van der Waals surface area contributed by atoms with Crippen LogP contribution in [0.2, 0.25) is 0 Å². The minimum atomic E-state index is -1.04. The molecule has 0 aromatic carbocycles. The number of aliphatic carboxylic acids is 1. The second-order valence-electron chi connectivity index (χ2n) is 6.16. The Balaban J connectivity index is 1.87. The molecule has 120 valence electrons. The van der Waals surface area contributed by atoms with Gasteiger partial charge in [0.1, 0.15) is 5.76 Å². The normalized spacial score (nSPS) is 18.5. The first-order valence-electron chi connectivity index (χ1n) is 7.11. The van der Waals surface area contributed by atoms with E-state index in [1.54, 1.807) is 30.9 Å². The molecule has 2 rings (SSSR count). The van der Waals surface area contributed by atoms with E-state index in [1.165, 1.54) is 6.26 Å². The molecule has 1 unspecified atom stereocenters. The predicted molar refractivity (Wildman–Crippen MR) is 76.7 cm³/mol. The number of carboxylic acid groups (broad SMARTS) is 1. The van der Waals surface area contributed by atoms with Gasteiger partial charge < -0.3 is 19.7 Å². The van der Waals surface area contributed by atoms with E-state index in [0.717, 1.165) is 0 Å². The third kappa shape index (κ3) is 3.66. The van der Waals surface area contributed by atoms with Gasteiger partial charge in [0.2, 0.25) is 11.8 Å². The molecule has 2 N–H and O–H groups in total. The fourth-order valence-electron chi connectivity index (χ4n) is 2.22. The van der Waals surface area contributed by atoms with E-state index < -0.39 is 17.3 Å². The van der Waals surface area contributed by atoms with Gasteiger partial charge in [0.05, 0.1) is 24.1 Å². The standard InChI is InChI=1S/C15H20N2O5/c1-15(2,14(20)21)9-16-13(19)10-6-12(18)17(7-10)8-11-4-3-5-22-11/h3-5,10H,6-9H2,1-2H3,(H,16,19)(H,20,21). The van der Waals surface area contributed by atoms with Gasteiger partial charge in [-0.3, -0.25) is 14.4 Å². The van der Waals surface area contributed by atoms with Crippen molar-refractivity contribution in [3.63, 3.8) is 0 Å². The third-order valence-corrected chi connectivity index (χ3v) is 3.80. The van der Waals surface area contributed by atoms with Crippen molar-refractivity contribution in [2.24, 2.45) is 11.3 Å². The molecule has 1 aliphatic heterocycles. The zero-order valence-corrected chi connectivity index (χ0v) is 12.7. The first kappa shape index (κ1) is 16.1. The lowest BCUT2D eigenvalue weighted by Gasteiger charge is -2.21. The number of carbonyl (C=O) groups excluding carboxylic acids is 2. The van der Waals surface area contributed by atoms with E-state index in [9.17, 15) is 14.4 Å². The summed E-state index contributed by atoms with van der Waals surface area (Å²) in [5.41, 5.74) is -1.04. The second-order valence-corrected chi connectivity index (χ2v) is 6.16. The summed E-state index contributed by atoms with van der Waals surface area (Å²) >= 11 is 0. The molecule has 1 atom stereocenters. The quantitative estimate of drug-likeness (QED) is 0.811. The predicted octanol–water partition coefficient (Wildman–Crippen LogP) is 0.855. The van der Waals surface area contributed by atoms with Crippen molar-refractivity contribution < 1.29 is 23.9 Å². The highest BCUT2D eigenvalue weighted by Crippen LogP contribution is 2.21. The van der Waals surface area contributed by atoms with Crippen LogP contribution >= 0.6 is 0 Å². The van der Waals surface area contributed by atoms with Gasteiger partial charge in [0.15, 0.2) is 0 Å². The maximum Gasteiger partial charge on any atom is 0.310 e. The smallest absolute Gasteiger partial charge is 0.310 e. The molecule has 2 heterocycles. The molecule has 1 fully saturated rings. The summed E-state index contributed by atoms with van der Waals surface area (Å²) in [6.45, 7) is 3.77. The third-order valence-electron chi connectivity index (χ3n) is 3.80. The van der Waals surface area contributed by atoms with Crippen molar-refractivity contribution >= 4 is 17.8 Å². The Morgan fingerprint density at radius 2 is 2.23 bits per heavy atom. The summed E-state index contributed by atoms with van der Waals surface area (Å²) in [6, 6.07) is 3.52. The molecule has 22 heavy (non-hydrogen) atoms. The topological polar surface area (TPSA) is 99.9 Å². The Bertz CT molecular complexity index is 564. The van der Waals surface area contributed by atoms with E-state index in [0.29, 0.717) is 18.8 Å². The number of furan rings is 1. The highest BCUT2D eigenvalue weighted by atomic mass is 16.4. The average molecular weight is 308 g/mol. The van der Waals surface area contributed by atoms with Crippen LogP contribution in [0.15, 0.2) is 22.8 Å². The van der Waals surface area contributed by atoms with E-state index in [-0.39, 0.29) is 24.8 Å². The molecule has 1 saturated heterocycles. The summed E-state index contributed by atoms with van der Waals surface area (Å²) in [5.74, 6) is -1.15. The summed E-state index contributed by atoms with van der Waals surface area (Å²) in [7, 11) is 0. The van der Waals surface area contributed by atoms with Gasteiger partial charge in [-0.05, 0) is 26.0 Å². The summed E-state index contributed by atoms with van der Waals surface area (Å²) in [5, 5.41) is 11.6. The van der Waals surface area contributed by atoms with Crippen LogP contribution in [0.3, 0.4) is 0 Å². The van der Waals surface area contributed by atoms with Crippen LogP contribution in [0.5, 0.6) is 0 Å². The van der Waals surface area contributed by atoms with Crippen LogP contribution in [-0.2, 0) is 20.9 Å². The van der Waals surface area contributed by atoms with E-state index in [2.05, 4.69) is 5.32 Å². The minimum Gasteiger partial charge on any atom is -0.481 e. The van der Waals surface area contributed by atoms with Crippen molar-refractivity contribution in [3.8, 4) is 0 Å². The molecule has 7 nitrogen and oxygen atoms in total. The van der Waals surface area contributed by atoms with Crippen LogP contribution in [-0.4, -0.2) is 40.9 Å². The molecule has 2 amide bonds. The Kier molecular flexibility index (Phi) is 4.54. The van der Waals surface area contributed by atoms with Gasteiger partial charge in [-0.2, -0.15) is 0 Å². The molecule has 0 spiro atoms. The van der Waals surface area contributed by atoms with Crippen molar-refractivity contribution in [2.75, 3.05) is 13.1 Å². The Morgan fingerprint density at radius 3 is 2.82 bits per heavy atom. The van der Waals surface area contributed by atoms with Crippen LogP contribution in [0.1, 0.15) is 26.0 Å². The van der Waals surface area contributed by atoms with E-state index in [1.807, 2.05) is 0 Å². The highest BCUT2D eigenvalue weighted by molar-refractivity contribution is 5.89. The zero-order valence-electron chi connectivity index (χ0n) is 12.7. The SMILES string of the molecule is CC(C)(CNC(=O)C1CC(=O)N(Cc2ccco2)C1)C(=O)O.